The molecule has 1 aromatic carbocycles. The molecule has 0 saturated heterocycles. The zero-order valence-electron chi connectivity index (χ0n) is 7.60. The van der Waals surface area contributed by atoms with E-state index in [4.69, 9.17) is 17.5 Å². The second kappa shape index (κ2) is 3.96. The van der Waals surface area contributed by atoms with Gasteiger partial charge in [0.25, 0.3) is 0 Å². The van der Waals surface area contributed by atoms with Crippen LogP contribution in [0.3, 0.4) is 0 Å². The lowest BCUT2D eigenvalue weighted by molar-refractivity contribution is 0.122. The lowest BCUT2D eigenvalue weighted by Gasteiger charge is -2.09. The van der Waals surface area contributed by atoms with Crippen LogP contribution in [0.15, 0.2) is 6.07 Å². The van der Waals surface area contributed by atoms with Crippen LogP contribution in [0, 0.1) is 13.8 Å². The average Bonchev–Trinajstić information content (AvgIpc) is 2.11. The van der Waals surface area contributed by atoms with Crippen LogP contribution in [-0.2, 0) is 11.4 Å². The molecular formula is C9H12ClNO2. The molecule has 0 heterocycles. The van der Waals surface area contributed by atoms with E-state index in [1.807, 2.05) is 19.9 Å². The highest BCUT2D eigenvalue weighted by molar-refractivity contribution is 6.33. The largest absolute Gasteiger partial charge is 0.506 e. The Labute approximate surface area is 82.0 Å². The summed E-state index contributed by atoms with van der Waals surface area (Å²) in [5.74, 6) is 4.96. The van der Waals surface area contributed by atoms with Crippen molar-refractivity contribution in [2.45, 2.75) is 20.5 Å². The van der Waals surface area contributed by atoms with E-state index in [-0.39, 0.29) is 12.4 Å². The summed E-state index contributed by atoms with van der Waals surface area (Å²) in [4.78, 5) is 4.44. The second-order valence-corrected chi connectivity index (χ2v) is 3.33. The van der Waals surface area contributed by atoms with Crippen LogP contribution in [0.5, 0.6) is 5.75 Å². The SMILES string of the molecule is Cc1cc(CON)c(O)c(Cl)c1C. The molecule has 0 spiro atoms. The minimum atomic E-state index is 0.0511. The zero-order valence-corrected chi connectivity index (χ0v) is 8.35. The molecule has 0 aliphatic rings. The van der Waals surface area contributed by atoms with Crippen LogP contribution in [-0.4, -0.2) is 5.11 Å². The third-order valence-corrected chi connectivity index (χ3v) is 2.52. The van der Waals surface area contributed by atoms with Crippen molar-refractivity contribution in [2.75, 3.05) is 0 Å². The third kappa shape index (κ3) is 1.94. The first-order chi connectivity index (χ1) is 6.07. The number of aryl methyl sites for hydroxylation is 1. The van der Waals surface area contributed by atoms with Gasteiger partial charge in [-0.2, -0.15) is 0 Å². The molecule has 13 heavy (non-hydrogen) atoms. The van der Waals surface area contributed by atoms with Crippen molar-refractivity contribution >= 4 is 11.6 Å². The smallest absolute Gasteiger partial charge is 0.140 e. The van der Waals surface area contributed by atoms with Crippen LogP contribution in [0.25, 0.3) is 0 Å². The maximum atomic E-state index is 9.57. The number of halogens is 1. The monoisotopic (exact) mass is 201 g/mol. The van der Waals surface area contributed by atoms with Gasteiger partial charge >= 0.3 is 0 Å². The Hall–Kier alpha value is -0.770. The molecule has 0 atom stereocenters. The van der Waals surface area contributed by atoms with E-state index < -0.39 is 0 Å². The number of phenols is 1. The summed E-state index contributed by atoms with van der Waals surface area (Å²) in [7, 11) is 0. The number of benzene rings is 1. The van der Waals surface area contributed by atoms with Gasteiger partial charge in [0, 0.05) is 5.56 Å². The quantitative estimate of drug-likeness (QED) is 0.721. The normalized spacial score (nSPS) is 10.5. The Morgan fingerprint density at radius 1 is 1.54 bits per heavy atom. The highest BCUT2D eigenvalue weighted by Gasteiger charge is 2.10. The minimum Gasteiger partial charge on any atom is -0.506 e. The minimum absolute atomic E-state index is 0.0511. The lowest BCUT2D eigenvalue weighted by atomic mass is 10.1. The fraction of sp³-hybridized carbons (Fsp3) is 0.333. The summed E-state index contributed by atoms with van der Waals surface area (Å²) < 4.78 is 0. The van der Waals surface area contributed by atoms with Gasteiger partial charge in [0.1, 0.15) is 5.75 Å². The number of aromatic hydroxyl groups is 1. The highest BCUT2D eigenvalue weighted by Crippen LogP contribution is 2.33. The first kappa shape index (κ1) is 10.3. The predicted molar refractivity (Wildman–Crippen MR) is 51.6 cm³/mol. The summed E-state index contributed by atoms with van der Waals surface area (Å²) in [5, 5.41) is 9.93. The molecule has 1 rings (SSSR count). The van der Waals surface area contributed by atoms with Gasteiger partial charge in [-0.25, -0.2) is 5.90 Å². The lowest BCUT2D eigenvalue weighted by Crippen LogP contribution is -2.00. The van der Waals surface area contributed by atoms with Crippen molar-refractivity contribution in [3.8, 4) is 5.75 Å². The molecule has 72 valence electrons. The molecule has 1 aromatic rings. The van der Waals surface area contributed by atoms with Crippen LogP contribution >= 0.6 is 11.6 Å². The molecule has 0 bridgehead atoms. The van der Waals surface area contributed by atoms with Gasteiger partial charge in [-0.3, -0.25) is 4.84 Å². The highest BCUT2D eigenvalue weighted by atomic mass is 35.5. The van der Waals surface area contributed by atoms with Crippen LogP contribution in [0.4, 0.5) is 0 Å². The Morgan fingerprint density at radius 3 is 2.69 bits per heavy atom. The molecule has 0 radical (unpaired) electrons. The molecule has 3 nitrogen and oxygen atoms in total. The van der Waals surface area contributed by atoms with Crippen molar-refractivity contribution in [3.63, 3.8) is 0 Å². The van der Waals surface area contributed by atoms with Crippen molar-refractivity contribution in [3.05, 3.63) is 27.8 Å². The van der Waals surface area contributed by atoms with Crippen molar-refractivity contribution in [2.24, 2.45) is 5.90 Å². The van der Waals surface area contributed by atoms with E-state index in [1.54, 1.807) is 0 Å². The van der Waals surface area contributed by atoms with E-state index >= 15 is 0 Å². The number of hydrogen-bond acceptors (Lipinski definition) is 3. The summed E-state index contributed by atoms with van der Waals surface area (Å²) >= 11 is 5.88. The molecule has 0 fully saturated rings. The Morgan fingerprint density at radius 2 is 2.15 bits per heavy atom. The summed E-state index contributed by atoms with van der Waals surface area (Å²) in [6.45, 7) is 3.93. The number of phenolic OH excluding ortho intramolecular Hbond substituents is 1. The zero-order chi connectivity index (χ0) is 10.0. The van der Waals surface area contributed by atoms with Crippen LogP contribution < -0.4 is 5.90 Å². The molecule has 0 aliphatic carbocycles. The first-order valence-corrected chi connectivity index (χ1v) is 4.25. The standard InChI is InChI=1S/C9H12ClNO2/c1-5-3-7(4-13-11)9(12)8(10)6(5)2/h3,12H,4,11H2,1-2H3. The molecule has 4 heteroatoms. The maximum absolute atomic E-state index is 9.57. The molecular weight excluding hydrogens is 190 g/mol. The fourth-order valence-corrected chi connectivity index (χ4v) is 1.40. The van der Waals surface area contributed by atoms with Gasteiger partial charge in [0.15, 0.2) is 0 Å². The van der Waals surface area contributed by atoms with Gasteiger partial charge in [0.2, 0.25) is 0 Å². The van der Waals surface area contributed by atoms with Gasteiger partial charge in [0.05, 0.1) is 11.6 Å². The van der Waals surface area contributed by atoms with Crippen LogP contribution in [0.2, 0.25) is 5.02 Å². The van der Waals surface area contributed by atoms with Crippen molar-refractivity contribution < 1.29 is 9.94 Å². The molecule has 0 unspecified atom stereocenters. The van der Waals surface area contributed by atoms with Gasteiger partial charge < -0.3 is 5.11 Å². The van der Waals surface area contributed by atoms with Crippen molar-refractivity contribution in [1.29, 1.82) is 0 Å². The Balaban J connectivity index is 3.24. The van der Waals surface area contributed by atoms with Crippen LogP contribution in [0.1, 0.15) is 16.7 Å². The summed E-state index contributed by atoms with van der Waals surface area (Å²) in [5.41, 5.74) is 2.49. The second-order valence-electron chi connectivity index (χ2n) is 2.95. The molecule has 0 aliphatic heterocycles. The summed E-state index contributed by atoms with van der Waals surface area (Å²) in [6, 6.07) is 1.81. The first-order valence-electron chi connectivity index (χ1n) is 3.87. The third-order valence-electron chi connectivity index (χ3n) is 2.06. The Bertz CT molecular complexity index is 326. The summed E-state index contributed by atoms with van der Waals surface area (Å²) in [6.07, 6.45) is 0. The average molecular weight is 202 g/mol. The van der Waals surface area contributed by atoms with E-state index in [1.165, 1.54) is 0 Å². The van der Waals surface area contributed by atoms with E-state index in [0.717, 1.165) is 11.1 Å². The van der Waals surface area contributed by atoms with Gasteiger partial charge in [-0.1, -0.05) is 11.6 Å². The molecule has 0 aromatic heterocycles. The van der Waals surface area contributed by atoms with Gasteiger partial charge in [-0.15, -0.1) is 0 Å². The molecule has 0 saturated carbocycles. The maximum Gasteiger partial charge on any atom is 0.140 e. The number of hydrogen-bond donors (Lipinski definition) is 2. The van der Waals surface area contributed by atoms with Gasteiger partial charge in [-0.05, 0) is 31.0 Å². The van der Waals surface area contributed by atoms with E-state index in [0.29, 0.717) is 10.6 Å². The topological polar surface area (TPSA) is 55.5 Å². The number of rotatable bonds is 2. The fourth-order valence-electron chi connectivity index (χ4n) is 1.13. The van der Waals surface area contributed by atoms with E-state index in [9.17, 15) is 5.11 Å². The molecule has 3 N–H and O–H groups in total. The Kier molecular flexibility index (Phi) is 3.14. The van der Waals surface area contributed by atoms with Crippen molar-refractivity contribution in [1.82, 2.24) is 0 Å². The molecule has 0 amide bonds. The number of nitrogens with two attached hydrogens (primary N) is 1. The van der Waals surface area contributed by atoms with E-state index in [2.05, 4.69) is 4.84 Å². The predicted octanol–water partition coefficient (Wildman–Crippen LogP) is 2.05.